The number of hydrogen-bond donors (Lipinski definition) is 0. The second-order valence-corrected chi connectivity index (χ2v) is 7.00. The fourth-order valence-electron chi connectivity index (χ4n) is 3.33. The Bertz CT molecular complexity index is 803. The predicted molar refractivity (Wildman–Crippen MR) is 114 cm³/mol. The first-order valence-electron chi connectivity index (χ1n) is 10.0. The van der Waals surface area contributed by atoms with Crippen molar-refractivity contribution in [3.8, 4) is 17.6 Å². The monoisotopic (exact) mass is 394 g/mol. The lowest BCUT2D eigenvalue weighted by atomic mass is 10.1. The summed E-state index contributed by atoms with van der Waals surface area (Å²) in [7, 11) is 3.19. The molecule has 0 atom stereocenters. The number of aryl methyl sites for hydroxylation is 1. The van der Waals surface area contributed by atoms with Crippen LogP contribution in [0.5, 0.6) is 11.5 Å². The molecule has 0 unspecified atom stereocenters. The molecule has 0 spiro atoms. The summed E-state index contributed by atoms with van der Waals surface area (Å²) in [6.45, 7) is 3.21. The van der Waals surface area contributed by atoms with Crippen LogP contribution in [0, 0.1) is 18.3 Å². The molecule has 0 saturated carbocycles. The molecule has 0 aliphatic heterocycles. The molecule has 2 aromatic rings. The molecule has 5 heteroatoms. The van der Waals surface area contributed by atoms with Crippen LogP contribution in [-0.4, -0.2) is 38.1 Å². The summed E-state index contributed by atoms with van der Waals surface area (Å²) in [6, 6.07) is 16.0. The van der Waals surface area contributed by atoms with Crippen molar-refractivity contribution in [3.05, 3.63) is 59.2 Å². The molecule has 0 aromatic heterocycles. The number of hydrogen-bond acceptors (Lipinski definition) is 4. The molecule has 0 aliphatic carbocycles. The number of carbonyl (C=O) groups excluding carboxylic acids is 1. The van der Waals surface area contributed by atoms with E-state index in [1.54, 1.807) is 26.4 Å². The lowest BCUT2D eigenvalue weighted by Gasteiger charge is -2.24. The van der Waals surface area contributed by atoms with Gasteiger partial charge in [0.25, 0.3) is 5.91 Å². The zero-order valence-electron chi connectivity index (χ0n) is 17.6. The Morgan fingerprint density at radius 3 is 2.21 bits per heavy atom. The van der Waals surface area contributed by atoms with Gasteiger partial charge in [-0.05, 0) is 50.3 Å². The summed E-state index contributed by atoms with van der Waals surface area (Å²) < 4.78 is 10.8. The molecule has 0 bridgehead atoms. The summed E-state index contributed by atoms with van der Waals surface area (Å²) in [6.07, 6.45) is 3.92. The quantitative estimate of drug-likeness (QED) is 0.515. The van der Waals surface area contributed by atoms with E-state index in [9.17, 15) is 4.79 Å². The molecule has 0 fully saturated rings. The molecular weight excluding hydrogens is 364 g/mol. The summed E-state index contributed by atoms with van der Waals surface area (Å²) >= 11 is 0. The number of unbranched alkanes of at least 4 members (excludes halogenated alkanes) is 2. The van der Waals surface area contributed by atoms with Crippen molar-refractivity contribution in [3.63, 3.8) is 0 Å². The van der Waals surface area contributed by atoms with Gasteiger partial charge in [0.1, 0.15) is 11.5 Å². The molecule has 0 radical (unpaired) electrons. The number of benzene rings is 2. The summed E-state index contributed by atoms with van der Waals surface area (Å²) in [5.74, 6) is 1.24. The van der Waals surface area contributed by atoms with Crippen molar-refractivity contribution >= 4 is 5.91 Å². The third-order valence-electron chi connectivity index (χ3n) is 4.99. The first-order chi connectivity index (χ1) is 14.1. The highest BCUT2D eigenvalue weighted by atomic mass is 16.5. The molecule has 0 aliphatic rings. The van der Waals surface area contributed by atoms with Crippen LogP contribution in [0.1, 0.15) is 47.2 Å². The van der Waals surface area contributed by atoms with Gasteiger partial charge in [-0.1, -0.05) is 30.3 Å². The molecule has 1 amide bonds. The standard InChI is InChI=1S/C24H30N2O3/c1-19-22(28-2)17-21(18-23(19)29-3)24(27)26(15-9-5-8-14-25)16-10-13-20-11-6-4-7-12-20/h4,6-7,11-12,17-18H,5,8-10,13,15-16H2,1-3H3. The molecule has 2 rings (SSSR count). The van der Waals surface area contributed by atoms with E-state index in [4.69, 9.17) is 14.7 Å². The van der Waals surface area contributed by atoms with Gasteiger partial charge in [-0.15, -0.1) is 0 Å². The third-order valence-corrected chi connectivity index (χ3v) is 4.99. The van der Waals surface area contributed by atoms with E-state index in [1.165, 1.54) is 5.56 Å². The number of carbonyl (C=O) groups is 1. The minimum atomic E-state index is -0.0355. The number of amides is 1. The van der Waals surface area contributed by atoms with Crippen LogP contribution in [0.15, 0.2) is 42.5 Å². The highest BCUT2D eigenvalue weighted by Gasteiger charge is 2.19. The number of methoxy groups -OCH3 is 2. The Morgan fingerprint density at radius 1 is 1.00 bits per heavy atom. The van der Waals surface area contributed by atoms with E-state index >= 15 is 0 Å². The van der Waals surface area contributed by atoms with E-state index in [0.717, 1.165) is 31.2 Å². The molecule has 5 nitrogen and oxygen atoms in total. The van der Waals surface area contributed by atoms with Gasteiger partial charge in [0.15, 0.2) is 0 Å². The maximum absolute atomic E-state index is 13.2. The zero-order chi connectivity index (χ0) is 21.1. The van der Waals surface area contributed by atoms with E-state index in [2.05, 4.69) is 18.2 Å². The van der Waals surface area contributed by atoms with E-state index in [0.29, 0.717) is 36.6 Å². The first kappa shape index (κ1) is 22.3. The maximum Gasteiger partial charge on any atom is 0.254 e. The summed E-state index contributed by atoms with van der Waals surface area (Å²) in [5.41, 5.74) is 2.70. The minimum absolute atomic E-state index is 0.0355. The average Bonchev–Trinajstić information content (AvgIpc) is 2.75. The number of ether oxygens (including phenoxy) is 2. The second kappa shape index (κ2) is 11.8. The van der Waals surface area contributed by atoms with Crippen molar-refractivity contribution in [2.45, 2.75) is 39.0 Å². The highest BCUT2D eigenvalue weighted by Crippen LogP contribution is 2.30. The minimum Gasteiger partial charge on any atom is -0.496 e. The number of nitriles is 1. The lowest BCUT2D eigenvalue weighted by Crippen LogP contribution is -2.33. The topological polar surface area (TPSA) is 62.6 Å². The van der Waals surface area contributed by atoms with Crippen LogP contribution >= 0.6 is 0 Å². The molecule has 29 heavy (non-hydrogen) atoms. The van der Waals surface area contributed by atoms with Crippen LogP contribution in [0.25, 0.3) is 0 Å². The Balaban J connectivity index is 2.13. The van der Waals surface area contributed by atoms with Crippen molar-refractivity contribution in [1.82, 2.24) is 4.90 Å². The van der Waals surface area contributed by atoms with Gasteiger partial charge in [-0.25, -0.2) is 0 Å². The molecular formula is C24H30N2O3. The predicted octanol–water partition coefficient (Wildman–Crippen LogP) is 4.78. The maximum atomic E-state index is 13.2. The largest absolute Gasteiger partial charge is 0.496 e. The fourth-order valence-corrected chi connectivity index (χ4v) is 3.33. The van der Waals surface area contributed by atoms with Crippen LogP contribution in [-0.2, 0) is 6.42 Å². The summed E-state index contributed by atoms with van der Waals surface area (Å²) in [5, 5.41) is 8.77. The zero-order valence-corrected chi connectivity index (χ0v) is 17.6. The Hall–Kier alpha value is -3.00. The van der Waals surface area contributed by atoms with Gasteiger partial charge in [0, 0.05) is 30.6 Å². The molecule has 0 heterocycles. The Morgan fingerprint density at radius 2 is 1.62 bits per heavy atom. The van der Waals surface area contributed by atoms with Crippen LogP contribution in [0.3, 0.4) is 0 Å². The van der Waals surface area contributed by atoms with Gasteiger partial charge in [0.05, 0.1) is 20.3 Å². The second-order valence-electron chi connectivity index (χ2n) is 7.00. The van der Waals surface area contributed by atoms with E-state index in [-0.39, 0.29) is 5.91 Å². The van der Waals surface area contributed by atoms with Crippen LogP contribution in [0.4, 0.5) is 0 Å². The fraction of sp³-hybridized carbons (Fsp3) is 0.417. The Labute approximate surface area is 173 Å². The highest BCUT2D eigenvalue weighted by molar-refractivity contribution is 5.95. The number of rotatable bonds is 11. The third kappa shape index (κ3) is 6.53. The molecule has 154 valence electrons. The van der Waals surface area contributed by atoms with Crippen molar-refractivity contribution < 1.29 is 14.3 Å². The normalized spacial score (nSPS) is 10.3. The van der Waals surface area contributed by atoms with E-state index in [1.807, 2.05) is 30.0 Å². The SMILES string of the molecule is COc1cc(C(=O)N(CCCCC#N)CCCc2ccccc2)cc(OC)c1C. The van der Waals surface area contributed by atoms with Crippen LogP contribution < -0.4 is 9.47 Å². The van der Waals surface area contributed by atoms with Crippen molar-refractivity contribution in [1.29, 1.82) is 5.26 Å². The molecule has 0 saturated heterocycles. The first-order valence-corrected chi connectivity index (χ1v) is 10.0. The van der Waals surface area contributed by atoms with Gasteiger partial charge < -0.3 is 14.4 Å². The van der Waals surface area contributed by atoms with Gasteiger partial charge in [0.2, 0.25) is 0 Å². The van der Waals surface area contributed by atoms with Gasteiger partial charge >= 0.3 is 0 Å². The summed E-state index contributed by atoms with van der Waals surface area (Å²) in [4.78, 5) is 15.1. The van der Waals surface area contributed by atoms with Gasteiger partial charge in [-0.3, -0.25) is 4.79 Å². The molecule has 2 aromatic carbocycles. The average molecular weight is 395 g/mol. The van der Waals surface area contributed by atoms with Crippen molar-refractivity contribution in [2.75, 3.05) is 27.3 Å². The van der Waals surface area contributed by atoms with Crippen molar-refractivity contribution in [2.24, 2.45) is 0 Å². The molecule has 0 N–H and O–H groups in total. The van der Waals surface area contributed by atoms with Gasteiger partial charge in [-0.2, -0.15) is 5.26 Å². The Kier molecular flexibility index (Phi) is 9.04. The van der Waals surface area contributed by atoms with Crippen LogP contribution in [0.2, 0.25) is 0 Å². The van der Waals surface area contributed by atoms with E-state index < -0.39 is 0 Å². The smallest absolute Gasteiger partial charge is 0.254 e. The number of nitrogens with zero attached hydrogens (tertiary/aromatic N) is 2. The lowest BCUT2D eigenvalue weighted by molar-refractivity contribution is 0.0750.